The maximum Gasteiger partial charge on any atom is 0.236 e. The number of fused-ring (bicyclic) bond motifs is 1. The number of amides is 1. The smallest absolute Gasteiger partial charge is 0.236 e. The molecule has 9 heteroatoms. The van der Waals surface area contributed by atoms with Crippen LogP contribution in [-0.2, 0) is 17.9 Å². The molecule has 0 bridgehead atoms. The van der Waals surface area contributed by atoms with E-state index in [4.69, 9.17) is 4.74 Å². The van der Waals surface area contributed by atoms with Crippen LogP contribution in [0.15, 0.2) is 60.3 Å². The Morgan fingerprint density at radius 3 is 2.88 bits per heavy atom. The topological polar surface area (TPSA) is 81.9 Å². The van der Waals surface area contributed by atoms with E-state index in [2.05, 4.69) is 33.1 Å². The second-order valence-electron chi connectivity index (χ2n) is 7.23. The predicted octanol–water partition coefficient (Wildman–Crippen LogP) is 5.00. The van der Waals surface area contributed by atoms with Crippen LogP contribution in [0.5, 0.6) is 5.75 Å². The Labute approximate surface area is 194 Å². The van der Waals surface area contributed by atoms with Crippen LogP contribution in [0.1, 0.15) is 17.0 Å². The van der Waals surface area contributed by atoms with Crippen LogP contribution in [0.2, 0.25) is 0 Å². The summed E-state index contributed by atoms with van der Waals surface area (Å²) in [6.45, 7) is 8.67. The molecule has 1 amide bonds. The highest BCUT2D eigenvalue weighted by Gasteiger charge is 2.15. The molecular formula is C23H23N5O2S2. The van der Waals surface area contributed by atoms with E-state index in [1.807, 2.05) is 54.8 Å². The molecule has 4 aromatic rings. The maximum atomic E-state index is 12.5. The van der Waals surface area contributed by atoms with Crippen LogP contribution >= 0.6 is 23.1 Å². The normalized spacial score (nSPS) is 10.9. The molecule has 32 heavy (non-hydrogen) atoms. The lowest BCUT2D eigenvalue weighted by atomic mass is 10.2. The first kappa shape index (κ1) is 22.0. The third-order valence-electron chi connectivity index (χ3n) is 4.59. The Morgan fingerprint density at radius 2 is 2.06 bits per heavy atom. The maximum absolute atomic E-state index is 12.5. The number of allylic oxidation sites excluding steroid dienone is 1. The fourth-order valence-electron chi connectivity index (χ4n) is 3.07. The SMILES string of the molecule is C=CCn1c(COc2cccc(C)c2)nnc1SCC(=O)Nc1nc2ccc(C)cc2s1. The number of nitrogens with one attached hydrogen (secondary N) is 1. The van der Waals surface area contributed by atoms with Crippen molar-refractivity contribution in [1.82, 2.24) is 19.7 Å². The highest BCUT2D eigenvalue weighted by Crippen LogP contribution is 2.27. The molecule has 0 unspecified atom stereocenters. The number of nitrogens with zero attached hydrogens (tertiary/aromatic N) is 4. The van der Waals surface area contributed by atoms with Crippen LogP contribution in [0.3, 0.4) is 0 Å². The van der Waals surface area contributed by atoms with Gasteiger partial charge in [0, 0.05) is 6.54 Å². The summed E-state index contributed by atoms with van der Waals surface area (Å²) in [6.07, 6.45) is 1.77. The zero-order valence-electron chi connectivity index (χ0n) is 17.9. The van der Waals surface area contributed by atoms with E-state index in [9.17, 15) is 4.79 Å². The number of aromatic nitrogens is 4. The molecular weight excluding hydrogens is 442 g/mol. The van der Waals surface area contributed by atoms with Gasteiger partial charge in [0.15, 0.2) is 16.1 Å². The molecule has 0 radical (unpaired) electrons. The van der Waals surface area contributed by atoms with Gasteiger partial charge in [-0.2, -0.15) is 0 Å². The summed E-state index contributed by atoms with van der Waals surface area (Å²) in [4.78, 5) is 17.0. The predicted molar refractivity (Wildman–Crippen MR) is 129 cm³/mol. The van der Waals surface area contributed by atoms with Gasteiger partial charge in [-0.15, -0.1) is 16.8 Å². The molecule has 0 aliphatic carbocycles. The number of hydrogen-bond acceptors (Lipinski definition) is 7. The monoisotopic (exact) mass is 465 g/mol. The van der Waals surface area contributed by atoms with Gasteiger partial charge in [0.1, 0.15) is 12.4 Å². The molecule has 2 aromatic carbocycles. The molecule has 2 aromatic heterocycles. The van der Waals surface area contributed by atoms with Gasteiger partial charge >= 0.3 is 0 Å². The first-order valence-electron chi connectivity index (χ1n) is 10.0. The summed E-state index contributed by atoms with van der Waals surface area (Å²) >= 11 is 2.79. The van der Waals surface area contributed by atoms with Crippen LogP contribution < -0.4 is 10.1 Å². The van der Waals surface area contributed by atoms with Crippen molar-refractivity contribution in [3.8, 4) is 5.75 Å². The number of benzene rings is 2. The van der Waals surface area contributed by atoms with Gasteiger partial charge in [-0.05, 0) is 49.2 Å². The van der Waals surface area contributed by atoms with Crippen molar-refractivity contribution in [2.45, 2.75) is 32.2 Å². The number of rotatable bonds is 9. The molecule has 0 atom stereocenters. The lowest BCUT2D eigenvalue weighted by Gasteiger charge is -2.09. The Bertz CT molecular complexity index is 1260. The number of carbonyl (C=O) groups excluding carboxylic acids is 1. The van der Waals surface area contributed by atoms with E-state index in [0.29, 0.717) is 22.7 Å². The molecule has 0 aliphatic heterocycles. The summed E-state index contributed by atoms with van der Waals surface area (Å²) in [6, 6.07) is 13.9. The average molecular weight is 466 g/mol. The molecule has 0 spiro atoms. The van der Waals surface area contributed by atoms with Gasteiger partial charge in [0.25, 0.3) is 0 Å². The van der Waals surface area contributed by atoms with Crippen molar-refractivity contribution < 1.29 is 9.53 Å². The fraction of sp³-hybridized carbons (Fsp3) is 0.217. The molecule has 0 saturated carbocycles. The average Bonchev–Trinajstić information content (AvgIpc) is 3.34. The minimum absolute atomic E-state index is 0.142. The highest BCUT2D eigenvalue weighted by molar-refractivity contribution is 7.99. The second kappa shape index (κ2) is 9.97. The number of carbonyl (C=O) groups is 1. The molecule has 0 fully saturated rings. The Hall–Kier alpha value is -3.17. The van der Waals surface area contributed by atoms with E-state index >= 15 is 0 Å². The summed E-state index contributed by atoms with van der Waals surface area (Å²) in [7, 11) is 0. The van der Waals surface area contributed by atoms with Crippen molar-refractivity contribution >= 4 is 44.4 Å². The summed E-state index contributed by atoms with van der Waals surface area (Å²) in [5, 5.41) is 12.6. The van der Waals surface area contributed by atoms with E-state index in [0.717, 1.165) is 21.5 Å². The third kappa shape index (κ3) is 5.35. The molecule has 7 nitrogen and oxygen atoms in total. The number of thiazole rings is 1. The minimum Gasteiger partial charge on any atom is -0.486 e. The summed E-state index contributed by atoms with van der Waals surface area (Å²) < 4.78 is 8.82. The largest absolute Gasteiger partial charge is 0.486 e. The van der Waals surface area contributed by atoms with Gasteiger partial charge in [-0.1, -0.05) is 47.4 Å². The third-order valence-corrected chi connectivity index (χ3v) is 6.49. The van der Waals surface area contributed by atoms with Crippen LogP contribution in [-0.4, -0.2) is 31.4 Å². The van der Waals surface area contributed by atoms with Gasteiger partial charge in [-0.3, -0.25) is 9.36 Å². The Morgan fingerprint density at radius 1 is 1.22 bits per heavy atom. The number of thioether (sulfide) groups is 1. The highest BCUT2D eigenvalue weighted by atomic mass is 32.2. The second-order valence-corrected chi connectivity index (χ2v) is 9.20. The van der Waals surface area contributed by atoms with Crippen LogP contribution in [0.25, 0.3) is 10.2 Å². The molecule has 2 heterocycles. The summed E-state index contributed by atoms with van der Waals surface area (Å²) in [5.74, 6) is 1.51. The molecule has 0 aliphatic rings. The quantitative estimate of drug-likeness (QED) is 0.277. The van der Waals surface area contributed by atoms with Crippen molar-refractivity contribution in [2.24, 2.45) is 0 Å². The van der Waals surface area contributed by atoms with E-state index < -0.39 is 0 Å². The van der Waals surface area contributed by atoms with Crippen molar-refractivity contribution in [3.63, 3.8) is 0 Å². The minimum atomic E-state index is -0.142. The molecule has 1 N–H and O–H groups in total. The van der Waals surface area contributed by atoms with E-state index in [1.54, 1.807) is 6.08 Å². The van der Waals surface area contributed by atoms with Gasteiger partial charge in [-0.25, -0.2) is 4.98 Å². The first-order valence-corrected chi connectivity index (χ1v) is 11.8. The fourth-order valence-corrected chi connectivity index (χ4v) is 4.82. The standard InChI is InChI=1S/C23H23N5O2S2/c1-4-10-28-20(13-30-17-7-5-6-15(2)11-17)26-27-23(28)31-14-21(29)25-22-24-18-9-8-16(3)12-19(18)32-22/h4-9,11-12H,1,10,13-14H2,2-3H3,(H,24,25,29). The number of hydrogen-bond donors (Lipinski definition) is 1. The zero-order chi connectivity index (χ0) is 22.5. The van der Waals surface area contributed by atoms with Gasteiger partial charge in [0.05, 0.1) is 16.0 Å². The van der Waals surface area contributed by atoms with Gasteiger partial charge < -0.3 is 10.1 Å². The van der Waals surface area contributed by atoms with Crippen molar-refractivity contribution in [1.29, 1.82) is 0 Å². The lowest BCUT2D eigenvalue weighted by molar-refractivity contribution is -0.113. The van der Waals surface area contributed by atoms with Crippen LogP contribution in [0.4, 0.5) is 5.13 Å². The Kier molecular flexibility index (Phi) is 6.87. The van der Waals surface area contributed by atoms with Crippen molar-refractivity contribution in [2.75, 3.05) is 11.1 Å². The molecule has 0 saturated heterocycles. The molecule has 4 rings (SSSR count). The number of anilines is 1. The summed E-state index contributed by atoms with van der Waals surface area (Å²) in [5.41, 5.74) is 3.17. The number of ether oxygens (including phenoxy) is 1. The van der Waals surface area contributed by atoms with Crippen molar-refractivity contribution in [3.05, 3.63) is 72.1 Å². The van der Waals surface area contributed by atoms with Crippen LogP contribution in [0, 0.1) is 13.8 Å². The zero-order valence-corrected chi connectivity index (χ0v) is 19.5. The lowest BCUT2D eigenvalue weighted by Crippen LogP contribution is -2.14. The Balaban J connectivity index is 1.38. The van der Waals surface area contributed by atoms with Gasteiger partial charge in [0.2, 0.25) is 5.91 Å². The first-order chi connectivity index (χ1) is 15.5. The van der Waals surface area contributed by atoms with E-state index in [1.165, 1.54) is 28.7 Å². The van der Waals surface area contributed by atoms with E-state index in [-0.39, 0.29) is 18.3 Å². The molecule has 164 valence electrons. The number of aryl methyl sites for hydroxylation is 2.